The molecule has 0 unspecified atom stereocenters. The number of aldehydes is 1. The first-order chi connectivity index (χ1) is 7.17. The van der Waals surface area contributed by atoms with Crippen molar-refractivity contribution < 1.29 is 19.4 Å². The average molecular weight is 206 g/mol. The lowest BCUT2D eigenvalue weighted by Crippen LogP contribution is -1.91. The molecule has 0 saturated carbocycles. The molecule has 1 aromatic carbocycles. The van der Waals surface area contributed by atoms with Gasteiger partial charge in [0.1, 0.15) is 5.75 Å². The number of aliphatic carboxylic acids is 1. The third-order valence-corrected chi connectivity index (χ3v) is 1.80. The molecular formula is C11H10O4. The van der Waals surface area contributed by atoms with Crippen molar-refractivity contribution in [2.24, 2.45) is 0 Å². The average Bonchev–Trinajstić information content (AvgIpc) is 2.25. The van der Waals surface area contributed by atoms with E-state index in [1.54, 1.807) is 18.2 Å². The lowest BCUT2D eigenvalue weighted by atomic mass is 10.1. The number of carboxylic acids is 1. The van der Waals surface area contributed by atoms with Crippen LogP contribution in [0.2, 0.25) is 0 Å². The van der Waals surface area contributed by atoms with E-state index >= 15 is 0 Å². The zero-order valence-corrected chi connectivity index (χ0v) is 8.14. The molecule has 0 radical (unpaired) electrons. The zero-order chi connectivity index (χ0) is 11.3. The van der Waals surface area contributed by atoms with Crippen molar-refractivity contribution in [3.05, 3.63) is 35.4 Å². The predicted molar refractivity (Wildman–Crippen MR) is 55.1 cm³/mol. The minimum Gasteiger partial charge on any atom is -0.496 e. The van der Waals surface area contributed by atoms with Crippen molar-refractivity contribution >= 4 is 18.3 Å². The highest BCUT2D eigenvalue weighted by atomic mass is 16.5. The molecule has 78 valence electrons. The molecule has 0 fully saturated rings. The monoisotopic (exact) mass is 206 g/mol. The van der Waals surface area contributed by atoms with E-state index in [4.69, 9.17) is 9.84 Å². The van der Waals surface area contributed by atoms with Gasteiger partial charge in [-0.3, -0.25) is 4.79 Å². The van der Waals surface area contributed by atoms with Gasteiger partial charge in [-0.15, -0.1) is 0 Å². The van der Waals surface area contributed by atoms with Gasteiger partial charge in [0.05, 0.1) is 12.7 Å². The number of hydrogen-bond donors (Lipinski definition) is 1. The normalized spacial score (nSPS) is 10.2. The number of carbonyl (C=O) groups is 2. The molecule has 0 aliphatic carbocycles. The number of ether oxygens (including phenoxy) is 1. The Morgan fingerprint density at radius 1 is 1.47 bits per heavy atom. The summed E-state index contributed by atoms with van der Waals surface area (Å²) in [6, 6.07) is 4.82. The van der Waals surface area contributed by atoms with E-state index in [2.05, 4.69) is 0 Å². The first-order valence-electron chi connectivity index (χ1n) is 4.21. The fraction of sp³-hybridized carbons (Fsp3) is 0.0909. The summed E-state index contributed by atoms with van der Waals surface area (Å²) in [5.74, 6) is -0.592. The Hall–Kier alpha value is -2.10. The molecule has 1 N–H and O–H groups in total. The second-order valence-electron chi connectivity index (χ2n) is 2.79. The Labute approximate surface area is 86.8 Å². The van der Waals surface area contributed by atoms with Gasteiger partial charge in [-0.25, -0.2) is 4.79 Å². The lowest BCUT2D eigenvalue weighted by Gasteiger charge is -2.03. The summed E-state index contributed by atoms with van der Waals surface area (Å²) in [5, 5.41) is 8.43. The summed E-state index contributed by atoms with van der Waals surface area (Å²) in [4.78, 5) is 20.8. The molecule has 1 rings (SSSR count). The molecule has 4 heteroatoms. The summed E-state index contributed by atoms with van der Waals surface area (Å²) in [5.41, 5.74) is 1.10. The maximum atomic E-state index is 10.6. The van der Waals surface area contributed by atoms with E-state index in [-0.39, 0.29) is 0 Å². The third kappa shape index (κ3) is 2.95. The molecule has 0 atom stereocenters. The highest BCUT2D eigenvalue weighted by Gasteiger charge is 2.01. The van der Waals surface area contributed by atoms with Crippen molar-refractivity contribution in [1.82, 2.24) is 0 Å². The van der Waals surface area contributed by atoms with Crippen molar-refractivity contribution in [3.8, 4) is 5.75 Å². The van der Waals surface area contributed by atoms with Crippen LogP contribution in [0.1, 0.15) is 15.9 Å². The number of carboxylic acid groups (broad SMARTS) is 1. The molecular weight excluding hydrogens is 196 g/mol. The zero-order valence-electron chi connectivity index (χ0n) is 8.14. The summed E-state index contributed by atoms with van der Waals surface area (Å²) in [7, 11) is 1.45. The van der Waals surface area contributed by atoms with Crippen LogP contribution in [0.25, 0.3) is 6.08 Å². The minimum atomic E-state index is -1.02. The van der Waals surface area contributed by atoms with Crippen molar-refractivity contribution in [2.75, 3.05) is 7.11 Å². The van der Waals surface area contributed by atoms with Gasteiger partial charge in [0.15, 0.2) is 6.29 Å². The smallest absolute Gasteiger partial charge is 0.328 e. The number of hydrogen-bond acceptors (Lipinski definition) is 3. The van der Waals surface area contributed by atoms with Crippen LogP contribution < -0.4 is 4.74 Å². The predicted octanol–water partition coefficient (Wildman–Crippen LogP) is 1.61. The van der Waals surface area contributed by atoms with Gasteiger partial charge in [0.2, 0.25) is 0 Å². The van der Waals surface area contributed by atoms with E-state index in [1.165, 1.54) is 13.2 Å². The number of methoxy groups -OCH3 is 1. The van der Waals surface area contributed by atoms with E-state index in [9.17, 15) is 9.59 Å². The van der Waals surface area contributed by atoms with E-state index in [0.717, 1.165) is 6.08 Å². The molecule has 0 bridgehead atoms. The molecule has 0 heterocycles. The number of carbonyl (C=O) groups excluding carboxylic acids is 1. The van der Waals surface area contributed by atoms with Gasteiger partial charge >= 0.3 is 5.97 Å². The first kappa shape index (κ1) is 11.0. The van der Waals surface area contributed by atoms with Gasteiger partial charge in [-0.2, -0.15) is 0 Å². The molecule has 0 saturated heterocycles. The maximum absolute atomic E-state index is 10.6. The standard InChI is InChI=1S/C11H10O4/c1-15-10-6-8(3-5-11(13)14)2-4-9(10)7-12/h2-7H,1H3,(H,13,14)/b5-3+. The van der Waals surface area contributed by atoms with E-state index in [0.29, 0.717) is 23.2 Å². The van der Waals surface area contributed by atoms with Crippen LogP contribution in [0.5, 0.6) is 5.75 Å². The van der Waals surface area contributed by atoms with Gasteiger partial charge in [0, 0.05) is 6.08 Å². The summed E-state index contributed by atoms with van der Waals surface area (Å²) < 4.78 is 4.97. The molecule has 0 aromatic heterocycles. The fourth-order valence-corrected chi connectivity index (χ4v) is 1.10. The highest BCUT2D eigenvalue weighted by molar-refractivity contribution is 5.86. The molecule has 15 heavy (non-hydrogen) atoms. The molecule has 0 aliphatic heterocycles. The van der Waals surface area contributed by atoms with Crippen LogP contribution in [-0.4, -0.2) is 24.5 Å². The highest BCUT2D eigenvalue weighted by Crippen LogP contribution is 2.19. The van der Waals surface area contributed by atoms with E-state index < -0.39 is 5.97 Å². The minimum absolute atomic E-state index is 0.428. The topological polar surface area (TPSA) is 63.6 Å². The van der Waals surface area contributed by atoms with Crippen molar-refractivity contribution in [2.45, 2.75) is 0 Å². The summed E-state index contributed by atoms with van der Waals surface area (Å²) in [6.07, 6.45) is 3.14. The summed E-state index contributed by atoms with van der Waals surface area (Å²) >= 11 is 0. The molecule has 0 amide bonds. The maximum Gasteiger partial charge on any atom is 0.328 e. The van der Waals surface area contributed by atoms with Gasteiger partial charge < -0.3 is 9.84 Å². The Morgan fingerprint density at radius 2 is 2.20 bits per heavy atom. The SMILES string of the molecule is COc1cc(/C=C/C(=O)O)ccc1C=O. The largest absolute Gasteiger partial charge is 0.496 e. The fourth-order valence-electron chi connectivity index (χ4n) is 1.10. The van der Waals surface area contributed by atoms with Gasteiger partial charge in [-0.05, 0) is 23.8 Å². The van der Waals surface area contributed by atoms with Crippen LogP contribution in [0.4, 0.5) is 0 Å². The van der Waals surface area contributed by atoms with Crippen LogP contribution in [-0.2, 0) is 4.79 Å². The third-order valence-electron chi connectivity index (χ3n) is 1.80. The van der Waals surface area contributed by atoms with Gasteiger partial charge in [-0.1, -0.05) is 6.07 Å². The number of rotatable bonds is 4. The second-order valence-corrected chi connectivity index (χ2v) is 2.79. The Bertz CT molecular complexity index is 407. The van der Waals surface area contributed by atoms with Crippen LogP contribution in [0.15, 0.2) is 24.3 Å². The van der Waals surface area contributed by atoms with Crippen LogP contribution >= 0.6 is 0 Å². The first-order valence-corrected chi connectivity index (χ1v) is 4.21. The van der Waals surface area contributed by atoms with Gasteiger partial charge in [0.25, 0.3) is 0 Å². The molecule has 1 aromatic rings. The van der Waals surface area contributed by atoms with Crippen LogP contribution in [0, 0.1) is 0 Å². The summed E-state index contributed by atoms with van der Waals surface area (Å²) in [6.45, 7) is 0. The van der Waals surface area contributed by atoms with Crippen LogP contribution in [0.3, 0.4) is 0 Å². The Morgan fingerprint density at radius 3 is 2.73 bits per heavy atom. The molecule has 4 nitrogen and oxygen atoms in total. The molecule has 0 aliphatic rings. The quantitative estimate of drug-likeness (QED) is 0.600. The second kappa shape index (κ2) is 4.95. The van der Waals surface area contributed by atoms with Crippen molar-refractivity contribution in [1.29, 1.82) is 0 Å². The van der Waals surface area contributed by atoms with Crippen molar-refractivity contribution in [3.63, 3.8) is 0 Å². The lowest BCUT2D eigenvalue weighted by molar-refractivity contribution is -0.131. The Kier molecular flexibility index (Phi) is 3.62. The number of benzene rings is 1. The Balaban J connectivity index is 3.03. The van der Waals surface area contributed by atoms with E-state index in [1.807, 2.05) is 0 Å². The molecule has 0 spiro atoms.